The number of methoxy groups -OCH3 is 2. The van der Waals surface area contributed by atoms with Crippen LogP contribution in [0.4, 0.5) is 0 Å². The van der Waals surface area contributed by atoms with E-state index in [1.54, 1.807) is 25.3 Å². The fourth-order valence-corrected chi connectivity index (χ4v) is 2.35. The Morgan fingerprint density at radius 2 is 1.81 bits per heavy atom. The maximum atomic E-state index is 11.8. The normalized spacial score (nSPS) is 10.4. The van der Waals surface area contributed by atoms with Crippen LogP contribution in [0.15, 0.2) is 53.6 Å². The van der Waals surface area contributed by atoms with E-state index < -0.39 is 5.91 Å². The number of hydrazone groups is 1. The fourth-order valence-electron chi connectivity index (χ4n) is 2.35. The van der Waals surface area contributed by atoms with E-state index >= 15 is 0 Å². The number of benzene rings is 2. The lowest BCUT2D eigenvalue weighted by Gasteiger charge is -2.07. The predicted molar refractivity (Wildman–Crippen MR) is 103 cm³/mol. The Balaban J connectivity index is 1.76. The molecule has 0 heterocycles. The number of nitrogens with zero attached hydrogens (tertiary/aromatic N) is 1. The van der Waals surface area contributed by atoms with Gasteiger partial charge in [-0.25, -0.2) is 5.43 Å². The minimum Gasteiger partial charge on any atom is -0.497 e. The van der Waals surface area contributed by atoms with Gasteiger partial charge in [0.2, 0.25) is 11.8 Å². The van der Waals surface area contributed by atoms with Crippen LogP contribution in [0.2, 0.25) is 0 Å². The zero-order valence-electron chi connectivity index (χ0n) is 15.4. The van der Waals surface area contributed by atoms with E-state index in [2.05, 4.69) is 15.8 Å². The van der Waals surface area contributed by atoms with E-state index in [0.29, 0.717) is 30.0 Å². The van der Waals surface area contributed by atoms with Gasteiger partial charge in [-0.15, -0.1) is 0 Å². The summed E-state index contributed by atoms with van der Waals surface area (Å²) in [4.78, 5) is 23.6. The fraction of sp³-hybridized carbons (Fsp3) is 0.250. The van der Waals surface area contributed by atoms with Crippen LogP contribution >= 0.6 is 0 Å². The molecule has 27 heavy (non-hydrogen) atoms. The molecule has 0 saturated heterocycles. The van der Waals surface area contributed by atoms with Crippen molar-refractivity contribution in [1.29, 1.82) is 0 Å². The van der Waals surface area contributed by atoms with E-state index in [-0.39, 0.29) is 12.3 Å². The second-order valence-electron chi connectivity index (χ2n) is 5.66. The summed E-state index contributed by atoms with van der Waals surface area (Å²) >= 11 is 0. The number of hydrogen-bond acceptors (Lipinski definition) is 5. The van der Waals surface area contributed by atoms with Crippen LogP contribution in [-0.2, 0) is 16.0 Å². The Morgan fingerprint density at radius 3 is 2.52 bits per heavy atom. The van der Waals surface area contributed by atoms with Crippen molar-refractivity contribution in [3.8, 4) is 11.5 Å². The molecular weight excluding hydrogens is 346 g/mol. The average molecular weight is 369 g/mol. The summed E-state index contributed by atoms with van der Waals surface area (Å²) in [5.41, 5.74) is 4.10. The quantitative estimate of drug-likeness (QED) is 0.401. The highest BCUT2D eigenvalue weighted by Crippen LogP contribution is 2.22. The molecule has 7 nitrogen and oxygen atoms in total. The Kier molecular flexibility index (Phi) is 7.84. The lowest BCUT2D eigenvalue weighted by Crippen LogP contribution is -2.31. The second-order valence-corrected chi connectivity index (χ2v) is 5.66. The lowest BCUT2D eigenvalue weighted by molar-refractivity contribution is -0.129. The van der Waals surface area contributed by atoms with Crippen molar-refractivity contribution in [2.75, 3.05) is 20.8 Å². The molecule has 2 amide bonds. The van der Waals surface area contributed by atoms with Crippen LogP contribution in [0.1, 0.15) is 17.5 Å². The van der Waals surface area contributed by atoms with Crippen molar-refractivity contribution in [1.82, 2.24) is 10.7 Å². The molecular formula is C20H23N3O4. The van der Waals surface area contributed by atoms with Gasteiger partial charge in [0.05, 0.1) is 20.4 Å². The minimum absolute atomic E-state index is 0.290. The van der Waals surface area contributed by atoms with Crippen LogP contribution in [0.25, 0.3) is 0 Å². The SMILES string of the molecule is COc1ccc(OC)c(C=NNC(=O)CC(=O)NCCc2ccccc2)c1. The number of amides is 2. The van der Waals surface area contributed by atoms with Gasteiger partial charge in [0.1, 0.15) is 17.9 Å². The first kappa shape index (κ1) is 20.0. The third-order valence-corrected chi connectivity index (χ3v) is 3.73. The van der Waals surface area contributed by atoms with E-state index in [1.807, 2.05) is 30.3 Å². The van der Waals surface area contributed by atoms with Gasteiger partial charge in [0.15, 0.2) is 0 Å². The second kappa shape index (κ2) is 10.6. The van der Waals surface area contributed by atoms with Crippen LogP contribution in [0.3, 0.4) is 0 Å². The number of rotatable bonds is 9. The van der Waals surface area contributed by atoms with E-state index in [1.165, 1.54) is 13.3 Å². The van der Waals surface area contributed by atoms with Crippen LogP contribution in [0.5, 0.6) is 11.5 Å². The molecule has 2 rings (SSSR count). The van der Waals surface area contributed by atoms with Crippen LogP contribution in [-0.4, -0.2) is 38.8 Å². The molecule has 0 aliphatic rings. The van der Waals surface area contributed by atoms with Gasteiger partial charge in [-0.3, -0.25) is 9.59 Å². The molecule has 0 bridgehead atoms. The lowest BCUT2D eigenvalue weighted by atomic mass is 10.1. The topological polar surface area (TPSA) is 89.0 Å². The molecule has 0 aliphatic carbocycles. The molecule has 142 valence electrons. The summed E-state index contributed by atoms with van der Waals surface area (Å²) in [6.07, 6.45) is 1.86. The highest BCUT2D eigenvalue weighted by Gasteiger charge is 2.08. The van der Waals surface area contributed by atoms with Gasteiger partial charge in [0, 0.05) is 12.1 Å². The highest BCUT2D eigenvalue weighted by molar-refractivity contribution is 5.97. The third kappa shape index (κ3) is 6.81. The Hall–Kier alpha value is -3.35. The Morgan fingerprint density at radius 1 is 1.04 bits per heavy atom. The van der Waals surface area contributed by atoms with Crippen molar-refractivity contribution >= 4 is 18.0 Å². The van der Waals surface area contributed by atoms with Crippen molar-refractivity contribution in [3.05, 3.63) is 59.7 Å². The zero-order chi connectivity index (χ0) is 19.5. The van der Waals surface area contributed by atoms with Crippen molar-refractivity contribution < 1.29 is 19.1 Å². The van der Waals surface area contributed by atoms with E-state index in [9.17, 15) is 9.59 Å². The van der Waals surface area contributed by atoms with E-state index in [0.717, 1.165) is 5.56 Å². The molecule has 0 radical (unpaired) electrons. The number of ether oxygens (including phenoxy) is 2. The van der Waals surface area contributed by atoms with Crippen molar-refractivity contribution in [2.45, 2.75) is 12.8 Å². The number of carbonyl (C=O) groups excluding carboxylic acids is 2. The maximum absolute atomic E-state index is 11.8. The smallest absolute Gasteiger partial charge is 0.249 e. The van der Waals surface area contributed by atoms with Gasteiger partial charge in [0.25, 0.3) is 0 Å². The molecule has 2 aromatic carbocycles. The van der Waals surface area contributed by atoms with E-state index in [4.69, 9.17) is 9.47 Å². The first-order chi connectivity index (χ1) is 13.1. The Labute approximate surface area is 158 Å². The number of carbonyl (C=O) groups is 2. The number of nitrogens with one attached hydrogen (secondary N) is 2. The Bertz CT molecular complexity index is 791. The molecule has 0 atom stereocenters. The molecule has 2 aromatic rings. The molecule has 0 fully saturated rings. The largest absolute Gasteiger partial charge is 0.497 e. The van der Waals surface area contributed by atoms with Crippen LogP contribution < -0.4 is 20.2 Å². The first-order valence-corrected chi connectivity index (χ1v) is 8.47. The summed E-state index contributed by atoms with van der Waals surface area (Å²) in [7, 11) is 3.10. The highest BCUT2D eigenvalue weighted by atomic mass is 16.5. The summed E-state index contributed by atoms with van der Waals surface area (Å²) in [5.74, 6) is 0.386. The molecule has 2 N–H and O–H groups in total. The molecule has 0 aromatic heterocycles. The average Bonchev–Trinajstić information content (AvgIpc) is 2.68. The summed E-state index contributed by atoms with van der Waals surface area (Å²) < 4.78 is 10.4. The molecule has 0 unspecified atom stereocenters. The summed E-state index contributed by atoms with van der Waals surface area (Å²) in [6, 6.07) is 15.0. The monoisotopic (exact) mass is 369 g/mol. The molecule has 0 spiro atoms. The third-order valence-electron chi connectivity index (χ3n) is 3.73. The van der Waals surface area contributed by atoms with Gasteiger partial charge in [-0.2, -0.15) is 5.10 Å². The molecule has 0 saturated carbocycles. The summed E-state index contributed by atoms with van der Waals surface area (Å²) in [5, 5.41) is 6.58. The molecule has 0 aliphatic heterocycles. The van der Waals surface area contributed by atoms with Crippen LogP contribution in [0, 0.1) is 0 Å². The standard InChI is InChI=1S/C20H23N3O4/c1-26-17-8-9-18(27-2)16(12-17)14-22-23-20(25)13-19(24)21-11-10-15-6-4-3-5-7-15/h3-9,12,14H,10-11,13H2,1-2H3,(H,21,24)(H,23,25). The molecule has 7 heteroatoms. The van der Waals surface area contributed by atoms with Crippen molar-refractivity contribution in [2.24, 2.45) is 5.10 Å². The van der Waals surface area contributed by atoms with Gasteiger partial charge in [-0.1, -0.05) is 30.3 Å². The van der Waals surface area contributed by atoms with Crippen molar-refractivity contribution in [3.63, 3.8) is 0 Å². The summed E-state index contributed by atoms with van der Waals surface area (Å²) in [6.45, 7) is 0.473. The first-order valence-electron chi connectivity index (χ1n) is 8.47. The number of hydrogen-bond donors (Lipinski definition) is 2. The maximum Gasteiger partial charge on any atom is 0.249 e. The minimum atomic E-state index is -0.495. The van der Waals surface area contributed by atoms with Gasteiger partial charge >= 0.3 is 0 Å². The van der Waals surface area contributed by atoms with Gasteiger partial charge < -0.3 is 14.8 Å². The zero-order valence-corrected chi connectivity index (χ0v) is 15.4. The predicted octanol–water partition coefficient (Wildman–Crippen LogP) is 1.90. The van der Waals surface area contributed by atoms with Gasteiger partial charge in [-0.05, 0) is 30.2 Å².